The molecule has 0 saturated heterocycles. The zero-order valence-electron chi connectivity index (χ0n) is 6.87. The first-order chi connectivity index (χ1) is 5.22. The van der Waals surface area contributed by atoms with Gasteiger partial charge in [0.2, 0.25) is 0 Å². The van der Waals surface area contributed by atoms with Crippen molar-refractivity contribution in [2.45, 2.75) is 13.8 Å². The van der Waals surface area contributed by atoms with Crippen molar-refractivity contribution in [2.75, 3.05) is 0 Å². The van der Waals surface area contributed by atoms with Gasteiger partial charge in [0, 0.05) is 5.57 Å². The Balaban J connectivity index is 2.94. The Kier molecular flexibility index (Phi) is 2.42. The van der Waals surface area contributed by atoms with Crippen LogP contribution in [-0.4, -0.2) is 6.29 Å². The second-order valence-electron chi connectivity index (χ2n) is 2.89. The second-order valence-corrected chi connectivity index (χ2v) is 2.89. The highest BCUT2D eigenvalue weighted by Gasteiger charge is 1.98. The second kappa shape index (κ2) is 3.33. The van der Waals surface area contributed by atoms with Crippen LogP contribution >= 0.6 is 0 Å². The third kappa shape index (κ3) is 2.19. The summed E-state index contributed by atoms with van der Waals surface area (Å²) in [7, 11) is 0. The minimum atomic E-state index is 0.434. The number of aldehydes is 1. The Hall–Kier alpha value is -1.11. The van der Waals surface area contributed by atoms with E-state index in [0.717, 1.165) is 17.4 Å². The summed E-state index contributed by atoms with van der Waals surface area (Å²) >= 11 is 0. The summed E-state index contributed by atoms with van der Waals surface area (Å²) < 4.78 is 0. The molecule has 0 N–H and O–H groups in total. The Morgan fingerprint density at radius 3 is 2.91 bits per heavy atom. The first kappa shape index (κ1) is 7.99. The molecule has 0 spiro atoms. The molecule has 0 bridgehead atoms. The van der Waals surface area contributed by atoms with E-state index in [9.17, 15) is 4.79 Å². The molecule has 1 unspecified atom stereocenters. The SMILES string of the molecule is CC1=CC(C)C=CC(C=O)=C1. The van der Waals surface area contributed by atoms with Crippen molar-refractivity contribution in [2.24, 2.45) is 5.92 Å². The van der Waals surface area contributed by atoms with Gasteiger partial charge in [-0.05, 0) is 18.9 Å². The zero-order valence-corrected chi connectivity index (χ0v) is 6.87. The molecule has 0 radical (unpaired) electrons. The maximum absolute atomic E-state index is 10.4. The van der Waals surface area contributed by atoms with Gasteiger partial charge in [0.05, 0.1) is 0 Å². The Morgan fingerprint density at radius 2 is 2.27 bits per heavy atom. The van der Waals surface area contributed by atoms with Crippen LogP contribution in [0.5, 0.6) is 0 Å². The number of carbonyl (C=O) groups is 1. The average Bonchev–Trinajstić information content (AvgIpc) is 2.11. The Labute approximate surface area is 67.1 Å². The van der Waals surface area contributed by atoms with E-state index >= 15 is 0 Å². The maximum atomic E-state index is 10.4. The fraction of sp³-hybridized carbons (Fsp3) is 0.300. The fourth-order valence-electron chi connectivity index (χ4n) is 1.17. The number of hydrogen-bond acceptors (Lipinski definition) is 1. The van der Waals surface area contributed by atoms with E-state index in [1.54, 1.807) is 0 Å². The van der Waals surface area contributed by atoms with E-state index in [0.29, 0.717) is 5.92 Å². The minimum Gasteiger partial charge on any atom is -0.298 e. The van der Waals surface area contributed by atoms with Gasteiger partial charge in [-0.15, -0.1) is 0 Å². The van der Waals surface area contributed by atoms with E-state index in [4.69, 9.17) is 0 Å². The molecule has 11 heavy (non-hydrogen) atoms. The lowest BCUT2D eigenvalue weighted by atomic mass is 10.1. The Bertz CT molecular complexity index is 244. The number of carbonyl (C=O) groups excluding carboxylic acids is 1. The molecule has 0 fully saturated rings. The van der Waals surface area contributed by atoms with Crippen molar-refractivity contribution < 1.29 is 4.79 Å². The molecular formula is C10H12O. The lowest BCUT2D eigenvalue weighted by Gasteiger charge is -1.94. The molecule has 1 heteroatoms. The van der Waals surface area contributed by atoms with Crippen molar-refractivity contribution >= 4 is 6.29 Å². The molecule has 1 aliphatic rings. The highest BCUT2D eigenvalue weighted by atomic mass is 16.1. The Morgan fingerprint density at radius 1 is 1.55 bits per heavy atom. The van der Waals surface area contributed by atoms with Crippen molar-refractivity contribution in [1.82, 2.24) is 0 Å². The van der Waals surface area contributed by atoms with Gasteiger partial charge in [-0.25, -0.2) is 0 Å². The molecule has 1 aliphatic carbocycles. The summed E-state index contributed by atoms with van der Waals surface area (Å²) in [4.78, 5) is 10.4. The largest absolute Gasteiger partial charge is 0.298 e. The van der Waals surface area contributed by atoms with E-state index in [-0.39, 0.29) is 0 Å². The topological polar surface area (TPSA) is 17.1 Å². The third-order valence-corrected chi connectivity index (χ3v) is 1.65. The van der Waals surface area contributed by atoms with Crippen molar-refractivity contribution in [3.63, 3.8) is 0 Å². The van der Waals surface area contributed by atoms with Gasteiger partial charge < -0.3 is 0 Å². The maximum Gasteiger partial charge on any atom is 0.150 e. The molecule has 0 aromatic carbocycles. The van der Waals surface area contributed by atoms with Gasteiger partial charge in [0.1, 0.15) is 6.29 Å². The average molecular weight is 148 g/mol. The molecule has 0 aromatic rings. The van der Waals surface area contributed by atoms with Gasteiger partial charge >= 0.3 is 0 Å². The highest BCUT2D eigenvalue weighted by Crippen LogP contribution is 2.13. The monoisotopic (exact) mass is 148 g/mol. The van der Waals surface area contributed by atoms with E-state index in [1.807, 2.05) is 25.2 Å². The highest BCUT2D eigenvalue weighted by molar-refractivity contribution is 5.78. The molecule has 0 amide bonds. The number of hydrogen-bond donors (Lipinski definition) is 0. The van der Waals surface area contributed by atoms with Gasteiger partial charge in [-0.1, -0.05) is 30.7 Å². The lowest BCUT2D eigenvalue weighted by molar-refractivity contribution is -0.104. The van der Waals surface area contributed by atoms with Crippen LogP contribution in [0.2, 0.25) is 0 Å². The molecule has 0 heterocycles. The summed E-state index contributed by atoms with van der Waals surface area (Å²) in [5.74, 6) is 0.434. The summed E-state index contributed by atoms with van der Waals surface area (Å²) in [5, 5.41) is 0. The first-order valence-corrected chi connectivity index (χ1v) is 3.76. The van der Waals surface area contributed by atoms with Gasteiger partial charge in [-0.3, -0.25) is 4.79 Å². The van der Waals surface area contributed by atoms with E-state index in [1.165, 1.54) is 0 Å². The molecule has 1 rings (SSSR count). The van der Waals surface area contributed by atoms with Gasteiger partial charge in [0.15, 0.2) is 0 Å². The normalized spacial score (nSPS) is 23.6. The molecule has 0 saturated carbocycles. The van der Waals surface area contributed by atoms with Crippen LogP contribution < -0.4 is 0 Å². The van der Waals surface area contributed by atoms with Crippen LogP contribution in [0, 0.1) is 5.92 Å². The molecule has 1 nitrogen and oxygen atoms in total. The van der Waals surface area contributed by atoms with Crippen molar-refractivity contribution in [1.29, 1.82) is 0 Å². The van der Waals surface area contributed by atoms with Gasteiger partial charge in [-0.2, -0.15) is 0 Å². The number of rotatable bonds is 1. The summed E-state index contributed by atoms with van der Waals surface area (Å²) in [6.07, 6.45) is 8.80. The summed E-state index contributed by atoms with van der Waals surface area (Å²) in [6, 6.07) is 0. The predicted octanol–water partition coefficient (Wildman–Crippen LogP) is 2.26. The van der Waals surface area contributed by atoms with Crippen LogP contribution in [0.15, 0.2) is 35.5 Å². The van der Waals surface area contributed by atoms with Crippen LogP contribution in [0.1, 0.15) is 13.8 Å². The van der Waals surface area contributed by atoms with E-state index < -0.39 is 0 Å². The smallest absolute Gasteiger partial charge is 0.150 e. The van der Waals surface area contributed by atoms with Crippen molar-refractivity contribution in [3.05, 3.63) is 35.5 Å². The standard InChI is InChI=1S/C10H12O/c1-8-3-4-10(7-11)6-9(2)5-8/h3-8H,1-2H3. The summed E-state index contributed by atoms with van der Waals surface area (Å²) in [5.41, 5.74) is 1.91. The van der Waals surface area contributed by atoms with Crippen LogP contribution in [0.3, 0.4) is 0 Å². The van der Waals surface area contributed by atoms with Crippen LogP contribution in [0.25, 0.3) is 0 Å². The summed E-state index contributed by atoms with van der Waals surface area (Å²) in [6.45, 7) is 4.11. The lowest BCUT2D eigenvalue weighted by Crippen LogP contribution is -1.80. The fourth-order valence-corrected chi connectivity index (χ4v) is 1.17. The van der Waals surface area contributed by atoms with E-state index in [2.05, 4.69) is 13.0 Å². The quantitative estimate of drug-likeness (QED) is 0.521. The molecular weight excluding hydrogens is 136 g/mol. The first-order valence-electron chi connectivity index (χ1n) is 3.76. The van der Waals surface area contributed by atoms with Crippen LogP contribution in [0.4, 0.5) is 0 Å². The number of allylic oxidation sites excluding steroid dienone is 6. The minimum absolute atomic E-state index is 0.434. The third-order valence-electron chi connectivity index (χ3n) is 1.65. The van der Waals surface area contributed by atoms with Crippen molar-refractivity contribution in [3.8, 4) is 0 Å². The predicted molar refractivity (Wildman–Crippen MR) is 46.2 cm³/mol. The van der Waals surface area contributed by atoms with Gasteiger partial charge in [0.25, 0.3) is 0 Å². The zero-order chi connectivity index (χ0) is 8.27. The van der Waals surface area contributed by atoms with Crippen LogP contribution in [-0.2, 0) is 4.79 Å². The molecule has 1 atom stereocenters. The molecule has 0 aliphatic heterocycles. The molecule has 58 valence electrons. The molecule has 0 aromatic heterocycles.